The van der Waals surface area contributed by atoms with Crippen LogP contribution in [0.2, 0.25) is 0 Å². The van der Waals surface area contributed by atoms with Gasteiger partial charge in [-0.05, 0) is 37.1 Å². The lowest BCUT2D eigenvalue weighted by Gasteiger charge is -2.06. The molecule has 1 heterocycles. The van der Waals surface area contributed by atoms with Crippen molar-refractivity contribution in [1.82, 2.24) is 9.71 Å². The maximum absolute atomic E-state index is 11.9. The van der Waals surface area contributed by atoms with Gasteiger partial charge in [-0.25, -0.2) is 0 Å². The van der Waals surface area contributed by atoms with Crippen molar-refractivity contribution < 1.29 is 4.79 Å². The highest BCUT2D eigenvalue weighted by molar-refractivity contribution is 7.95. The van der Waals surface area contributed by atoms with E-state index in [9.17, 15) is 4.79 Å². The number of hydrogen-bond donors (Lipinski definition) is 3. The van der Waals surface area contributed by atoms with E-state index >= 15 is 0 Å². The third-order valence-electron chi connectivity index (χ3n) is 3.15. The molecule has 6 heteroatoms. The van der Waals surface area contributed by atoms with Crippen LogP contribution in [0.3, 0.4) is 0 Å². The highest BCUT2D eigenvalue weighted by Crippen LogP contribution is 2.17. The van der Waals surface area contributed by atoms with Crippen molar-refractivity contribution in [2.45, 2.75) is 39.5 Å². The number of nitrogens with one attached hydrogen (secondary N) is 2. The second-order valence-electron chi connectivity index (χ2n) is 4.78. The van der Waals surface area contributed by atoms with Crippen LogP contribution in [-0.2, 0) is 4.79 Å². The van der Waals surface area contributed by atoms with Gasteiger partial charge >= 0.3 is 0 Å². The number of rotatable bonds is 8. The molecule has 23 heavy (non-hydrogen) atoms. The van der Waals surface area contributed by atoms with Crippen molar-refractivity contribution in [3.63, 3.8) is 0 Å². The fourth-order valence-corrected chi connectivity index (χ4v) is 2.36. The van der Waals surface area contributed by atoms with Gasteiger partial charge in [0.15, 0.2) is 0 Å². The number of fused-ring (bicyclic) bond motifs is 1. The molecule has 0 saturated heterocycles. The first-order valence-electron chi connectivity index (χ1n) is 8.03. The third kappa shape index (κ3) is 7.45. The monoisotopic (exact) mass is 334 g/mol. The molecule has 0 bridgehead atoms. The van der Waals surface area contributed by atoms with Gasteiger partial charge in [-0.1, -0.05) is 26.3 Å². The molecule has 4 N–H and O–H groups in total. The van der Waals surface area contributed by atoms with E-state index in [0.29, 0.717) is 6.42 Å². The molecule has 1 amide bonds. The summed E-state index contributed by atoms with van der Waals surface area (Å²) in [6.45, 7) is 4.88. The molecule has 0 aliphatic heterocycles. The number of amides is 1. The number of nitrogens with zero attached hydrogens (tertiary/aromatic N) is 1. The Bertz CT molecular complexity index is 592. The summed E-state index contributed by atoms with van der Waals surface area (Å²) in [5, 5.41) is 9.21. The Morgan fingerprint density at radius 3 is 2.83 bits per heavy atom. The molecule has 0 aliphatic carbocycles. The summed E-state index contributed by atoms with van der Waals surface area (Å²) in [5.41, 5.74) is 1.75. The van der Waals surface area contributed by atoms with Crippen molar-refractivity contribution in [3.8, 4) is 0 Å². The molecule has 2 rings (SSSR count). The number of pyridine rings is 1. The fraction of sp³-hybridized carbons (Fsp3) is 0.412. The van der Waals surface area contributed by atoms with Gasteiger partial charge in [0.1, 0.15) is 0 Å². The van der Waals surface area contributed by atoms with Crippen molar-refractivity contribution in [1.29, 1.82) is 0 Å². The lowest BCUT2D eigenvalue weighted by atomic mass is 10.1. The predicted octanol–water partition coefficient (Wildman–Crippen LogP) is 3.87. The van der Waals surface area contributed by atoms with E-state index in [1.807, 2.05) is 44.2 Å². The Morgan fingerprint density at radius 2 is 2.04 bits per heavy atom. The highest BCUT2D eigenvalue weighted by atomic mass is 32.2. The standard InChI is InChI=1S/C15H20N4OS.C2H6/c16-21-18-10-3-1-2-6-15(20)19-13-7-8-14-12(11-13)5-4-9-17-14;1-2/h4-5,7-9,11,18H,1-3,6,10,16H2,(H,19,20);1-2H3. The average Bonchev–Trinajstić information content (AvgIpc) is 2.59. The minimum absolute atomic E-state index is 0.0550. The van der Waals surface area contributed by atoms with E-state index in [4.69, 9.17) is 5.14 Å². The molecule has 0 unspecified atom stereocenters. The second kappa shape index (κ2) is 11.9. The number of aromatic nitrogens is 1. The molecule has 0 fully saturated rings. The van der Waals surface area contributed by atoms with Crippen LogP contribution < -0.4 is 15.2 Å². The zero-order chi connectivity index (χ0) is 16.9. The Labute approximate surface area is 142 Å². The molecular weight excluding hydrogens is 308 g/mol. The van der Waals surface area contributed by atoms with Gasteiger partial charge in [0.2, 0.25) is 5.91 Å². The van der Waals surface area contributed by atoms with Crippen LogP contribution in [0, 0.1) is 0 Å². The zero-order valence-corrected chi connectivity index (χ0v) is 14.7. The second-order valence-corrected chi connectivity index (χ2v) is 5.31. The molecule has 2 aromatic rings. The number of anilines is 1. The number of unbranched alkanes of at least 4 members (excludes halogenated alkanes) is 2. The molecule has 5 nitrogen and oxygen atoms in total. The average molecular weight is 334 g/mol. The molecule has 1 aromatic heterocycles. The smallest absolute Gasteiger partial charge is 0.224 e. The van der Waals surface area contributed by atoms with Crippen LogP contribution in [0.4, 0.5) is 5.69 Å². The van der Waals surface area contributed by atoms with Gasteiger partial charge in [-0.15, -0.1) is 0 Å². The Kier molecular flexibility index (Phi) is 10.0. The number of carbonyl (C=O) groups excluding carboxylic acids is 1. The fourth-order valence-electron chi connectivity index (χ4n) is 2.10. The van der Waals surface area contributed by atoms with E-state index in [1.165, 1.54) is 0 Å². The van der Waals surface area contributed by atoms with Crippen LogP contribution in [0.1, 0.15) is 39.5 Å². The molecule has 0 radical (unpaired) electrons. The van der Waals surface area contributed by atoms with Crippen LogP contribution in [0.5, 0.6) is 0 Å². The normalized spacial score (nSPS) is 10.0. The minimum Gasteiger partial charge on any atom is -0.326 e. The SMILES string of the molecule is CC.NSNCCCCCC(=O)Nc1ccc2ncccc2c1. The number of carbonyl (C=O) groups is 1. The lowest BCUT2D eigenvalue weighted by Crippen LogP contribution is -2.12. The summed E-state index contributed by atoms with van der Waals surface area (Å²) in [7, 11) is 0. The number of hydrogen-bond acceptors (Lipinski definition) is 5. The highest BCUT2D eigenvalue weighted by Gasteiger charge is 2.03. The quantitative estimate of drug-likeness (QED) is 0.504. The topological polar surface area (TPSA) is 80.0 Å². The predicted molar refractivity (Wildman–Crippen MR) is 100.0 cm³/mol. The summed E-state index contributed by atoms with van der Waals surface area (Å²) in [6, 6.07) is 9.63. The largest absolute Gasteiger partial charge is 0.326 e. The summed E-state index contributed by atoms with van der Waals surface area (Å²) < 4.78 is 2.98. The summed E-state index contributed by atoms with van der Waals surface area (Å²) in [4.78, 5) is 16.1. The van der Waals surface area contributed by atoms with Gasteiger partial charge < -0.3 is 5.32 Å². The summed E-state index contributed by atoms with van der Waals surface area (Å²) in [6.07, 6.45) is 5.24. The first-order valence-corrected chi connectivity index (χ1v) is 8.91. The van der Waals surface area contributed by atoms with Crippen molar-refractivity contribution >= 4 is 34.6 Å². The Hall–Kier alpha value is -1.63. The van der Waals surface area contributed by atoms with Gasteiger partial charge in [0.05, 0.1) is 5.52 Å². The van der Waals surface area contributed by atoms with E-state index in [-0.39, 0.29) is 5.91 Å². The van der Waals surface area contributed by atoms with Crippen LogP contribution in [0.15, 0.2) is 36.5 Å². The van der Waals surface area contributed by atoms with Crippen molar-refractivity contribution in [2.75, 3.05) is 11.9 Å². The molecular formula is C17H26N4OS. The molecule has 126 valence electrons. The number of nitrogens with two attached hydrogens (primary N) is 1. The first kappa shape index (κ1) is 19.4. The first-order chi connectivity index (χ1) is 11.3. The molecule has 0 aliphatic rings. The third-order valence-corrected chi connectivity index (χ3v) is 3.52. The van der Waals surface area contributed by atoms with Crippen LogP contribution in [-0.4, -0.2) is 17.4 Å². The molecule has 0 saturated carbocycles. The van der Waals surface area contributed by atoms with Gasteiger partial charge in [0.25, 0.3) is 0 Å². The Balaban J connectivity index is 0.00000127. The Morgan fingerprint density at radius 1 is 1.22 bits per heavy atom. The molecule has 0 spiro atoms. The van der Waals surface area contributed by atoms with Gasteiger partial charge in [-0.2, -0.15) is 0 Å². The summed E-state index contributed by atoms with van der Waals surface area (Å²) >= 11 is 1.13. The van der Waals surface area contributed by atoms with Crippen molar-refractivity contribution in [3.05, 3.63) is 36.5 Å². The molecule has 1 aromatic carbocycles. The van der Waals surface area contributed by atoms with Gasteiger partial charge in [0, 0.05) is 42.4 Å². The van der Waals surface area contributed by atoms with Gasteiger partial charge in [-0.3, -0.25) is 19.6 Å². The lowest BCUT2D eigenvalue weighted by molar-refractivity contribution is -0.116. The molecule has 0 atom stereocenters. The number of benzene rings is 1. The van der Waals surface area contributed by atoms with E-state index in [2.05, 4.69) is 15.0 Å². The van der Waals surface area contributed by atoms with Crippen LogP contribution in [0.25, 0.3) is 10.9 Å². The van der Waals surface area contributed by atoms with E-state index in [1.54, 1.807) is 6.20 Å². The van der Waals surface area contributed by atoms with Crippen molar-refractivity contribution in [2.24, 2.45) is 5.14 Å². The summed E-state index contributed by atoms with van der Waals surface area (Å²) in [5.74, 6) is 0.0550. The maximum atomic E-state index is 11.9. The maximum Gasteiger partial charge on any atom is 0.224 e. The van der Waals surface area contributed by atoms with Crippen LogP contribution >= 0.6 is 12.1 Å². The van der Waals surface area contributed by atoms with E-state index in [0.717, 1.165) is 54.5 Å². The van der Waals surface area contributed by atoms with E-state index < -0.39 is 0 Å². The zero-order valence-electron chi connectivity index (χ0n) is 13.8. The minimum atomic E-state index is 0.0550.